The largest absolute Gasteiger partial charge is 0.309 e. The molecule has 0 aromatic heterocycles. The van der Waals surface area contributed by atoms with Crippen LogP contribution in [0.4, 0.5) is 0 Å². The van der Waals surface area contributed by atoms with Crippen molar-refractivity contribution in [1.82, 2.24) is 0 Å². The van der Waals surface area contributed by atoms with E-state index >= 15 is 4.57 Å². The first-order chi connectivity index (χ1) is 19.7. The molecule has 0 N–H and O–H groups in total. The second kappa shape index (κ2) is 7.92. The van der Waals surface area contributed by atoms with Crippen LogP contribution in [-0.4, -0.2) is 0 Å². The molecule has 0 heterocycles. The lowest BCUT2D eigenvalue weighted by atomic mass is 10.0. The molecule has 0 saturated carbocycles. The highest BCUT2D eigenvalue weighted by Gasteiger charge is 2.33. The van der Waals surface area contributed by atoms with Crippen LogP contribution in [0.1, 0.15) is 0 Å². The van der Waals surface area contributed by atoms with Crippen molar-refractivity contribution in [3.8, 4) is 44.5 Å². The van der Waals surface area contributed by atoms with Crippen molar-refractivity contribution in [2.24, 2.45) is 0 Å². The SMILES string of the molecule is O=P(c1ccccc1)(c1ccc2c(c1)-c1cccc3cccc-2c13)c1ccc2c(c1)-c1cccc3cccc-2c13. The number of hydrogen-bond donors (Lipinski definition) is 0. The van der Waals surface area contributed by atoms with Crippen molar-refractivity contribution in [1.29, 1.82) is 0 Å². The normalized spacial score (nSPS) is 12.6. The van der Waals surface area contributed by atoms with Crippen LogP contribution >= 0.6 is 7.14 Å². The van der Waals surface area contributed by atoms with Crippen LogP contribution in [0, 0.1) is 0 Å². The minimum absolute atomic E-state index is 0.859. The molecule has 1 nitrogen and oxygen atoms in total. The van der Waals surface area contributed by atoms with E-state index in [2.05, 4.69) is 109 Å². The molecule has 186 valence electrons. The second-order valence-corrected chi connectivity index (χ2v) is 13.6. The van der Waals surface area contributed by atoms with Gasteiger partial charge in [-0.15, -0.1) is 0 Å². The van der Waals surface area contributed by atoms with E-state index in [1.165, 1.54) is 66.1 Å². The Hall–Kier alpha value is -4.71. The summed E-state index contributed by atoms with van der Waals surface area (Å²) in [6.07, 6.45) is 0. The molecule has 2 aliphatic rings. The van der Waals surface area contributed by atoms with Crippen molar-refractivity contribution in [2.75, 3.05) is 0 Å². The molecule has 7 aromatic carbocycles. The van der Waals surface area contributed by atoms with Gasteiger partial charge in [0, 0.05) is 15.9 Å². The van der Waals surface area contributed by atoms with E-state index in [0.29, 0.717) is 0 Å². The monoisotopic (exact) mass is 526 g/mol. The number of rotatable bonds is 3. The summed E-state index contributed by atoms with van der Waals surface area (Å²) in [6.45, 7) is 0. The first-order valence-electron chi connectivity index (χ1n) is 13.7. The zero-order valence-electron chi connectivity index (χ0n) is 21.6. The smallest absolute Gasteiger partial charge is 0.171 e. The van der Waals surface area contributed by atoms with Crippen LogP contribution < -0.4 is 15.9 Å². The van der Waals surface area contributed by atoms with Crippen LogP contribution in [-0.2, 0) is 4.57 Å². The maximum atomic E-state index is 15.6. The van der Waals surface area contributed by atoms with Gasteiger partial charge in [-0.3, -0.25) is 0 Å². The zero-order valence-corrected chi connectivity index (χ0v) is 22.5. The minimum atomic E-state index is -3.18. The molecule has 0 atom stereocenters. The lowest BCUT2D eigenvalue weighted by Gasteiger charge is -2.22. The molecule has 0 amide bonds. The van der Waals surface area contributed by atoms with Gasteiger partial charge < -0.3 is 4.57 Å². The fourth-order valence-corrected chi connectivity index (χ4v) is 9.71. The van der Waals surface area contributed by atoms with E-state index < -0.39 is 7.14 Å². The number of benzene rings is 7. The molecule has 0 bridgehead atoms. The van der Waals surface area contributed by atoms with Crippen molar-refractivity contribution in [2.45, 2.75) is 0 Å². The van der Waals surface area contributed by atoms with E-state index in [1.54, 1.807) is 0 Å². The molecule has 0 saturated heterocycles. The third-order valence-electron chi connectivity index (χ3n) is 8.82. The van der Waals surface area contributed by atoms with Crippen LogP contribution in [0.25, 0.3) is 66.1 Å². The van der Waals surface area contributed by atoms with Gasteiger partial charge >= 0.3 is 0 Å². The molecule has 0 fully saturated rings. The van der Waals surface area contributed by atoms with Gasteiger partial charge in [-0.25, -0.2) is 0 Å². The fourth-order valence-electron chi connectivity index (χ4n) is 7.04. The average molecular weight is 527 g/mol. The fraction of sp³-hybridized carbons (Fsp3) is 0. The summed E-state index contributed by atoms with van der Waals surface area (Å²) in [4.78, 5) is 0. The van der Waals surface area contributed by atoms with Crippen LogP contribution in [0.3, 0.4) is 0 Å². The van der Waals surface area contributed by atoms with E-state index in [-0.39, 0.29) is 0 Å². The molecule has 40 heavy (non-hydrogen) atoms. The maximum absolute atomic E-state index is 15.6. The minimum Gasteiger partial charge on any atom is -0.309 e. The predicted molar refractivity (Wildman–Crippen MR) is 170 cm³/mol. The quantitative estimate of drug-likeness (QED) is 0.210. The first-order valence-corrected chi connectivity index (χ1v) is 15.4. The lowest BCUT2D eigenvalue weighted by molar-refractivity contribution is 0.592. The Morgan fingerprint density at radius 1 is 0.325 bits per heavy atom. The van der Waals surface area contributed by atoms with E-state index in [9.17, 15) is 0 Å². The van der Waals surface area contributed by atoms with Gasteiger partial charge in [0.25, 0.3) is 0 Å². The van der Waals surface area contributed by atoms with E-state index in [1.807, 2.05) is 30.3 Å². The average Bonchev–Trinajstić information content (AvgIpc) is 3.52. The summed E-state index contributed by atoms with van der Waals surface area (Å²) in [5.74, 6) is 0. The number of fused-ring (bicyclic) bond motifs is 6. The van der Waals surface area contributed by atoms with Gasteiger partial charge in [-0.05, 0) is 78.2 Å². The van der Waals surface area contributed by atoms with Crippen molar-refractivity contribution in [3.05, 3.63) is 140 Å². The molecule has 2 heteroatoms. The van der Waals surface area contributed by atoms with Crippen LogP contribution in [0.5, 0.6) is 0 Å². The Morgan fingerprint density at radius 2 is 0.750 bits per heavy atom. The topological polar surface area (TPSA) is 17.1 Å². The van der Waals surface area contributed by atoms with Gasteiger partial charge in [-0.1, -0.05) is 127 Å². The summed E-state index contributed by atoms with van der Waals surface area (Å²) in [6, 6.07) is 49.0. The van der Waals surface area contributed by atoms with Gasteiger partial charge in [0.2, 0.25) is 0 Å². The maximum Gasteiger partial charge on any atom is 0.171 e. The molecule has 0 radical (unpaired) electrons. The molecule has 0 aliphatic heterocycles. The standard InChI is InChI=1S/C38H23OP/c39-40(26-12-2-1-3-13-26,27-18-20-29-31-14-4-8-24-10-6-16-33(37(24)31)35(29)22-27)28-19-21-30-32-15-5-9-25-11-7-17-34(38(25)32)36(30)23-28/h1-23H. The molecular formula is C38H23OP. The Kier molecular flexibility index (Phi) is 4.38. The zero-order chi connectivity index (χ0) is 26.4. The van der Waals surface area contributed by atoms with Gasteiger partial charge in [0.15, 0.2) is 7.14 Å². The third kappa shape index (κ3) is 2.80. The van der Waals surface area contributed by atoms with Crippen molar-refractivity contribution >= 4 is 44.6 Å². The van der Waals surface area contributed by atoms with Gasteiger partial charge in [0.1, 0.15) is 0 Å². The van der Waals surface area contributed by atoms with E-state index in [0.717, 1.165) is 15.9 Å². The predicted octanol–water partition coefficient (Wildman–Crippen LogP) is 8.93. The van der Waals surface area contributed by atoms with Crippen molar-refractivity contribution < 1.29 is 4.57 Å². The second-order valence-electron chi connectivity index (χ2n) is 10.8. The molecular weight excluding hydrogens is 503 g/mol. The first kappa shape index (κ1) is 22.1. The summed E-state index contributed by atoms with van der Waals surface area (Å²) < 4.78 is 15.6. The Labute approximate surface area is 232 Å². The Morgan fingerprint density at radius 3 is 1.20 bits per heavy atom. The molecule has 2 aliphatic carbocycles. The van der Waals surface area contributed by atoms with Gasteiger partial charge in [0.05, 0.1) is 0 Å². The summed E-state index contributed by atoms with van der Waals surface area (Å²) in [5, 5.41) is 7.66. The van der Waals surface area contributed by atoms with E-state index in [4.69, 9.17) is 0 Å². The molecule has 7 aromatic rings. The highest BCUT2D eigenvalue weighted by molar-refractivity contribution is 7.85. The van der Waals surface area contributed by atoms with Crippen LogP contribution in [0.2, 0.25) is 0 Å². The Balaban J connectivity index is 1.30. The summed E-state index contributed by atoms with van der Waals surface area (Å²) >= 11 is 0. The number of hydrogen-bond acceptors (Lipinski definition) is 1. The van der Waals surface area contributed by atoms with Gasteiger partial charge in [-0.2, -0.15) is 0 Å². The highest BCUT2D eigenvalue weighted by atomic mass is 31.2. The molecule has 0 unspecified atom stereocenters. The van der Waals surface area contributed by atoms with Crippen molar-refractivity contribution in [3.63, 3.8) is 0 Å². The summed E-state index contributed by atoms with van der Waals surface area (Å²) in [7, 11) is -3.18. The third-order valence-corrected chi connectivity index (χ3v) is 11.9. The molecule has 0 spiro atoms. The summed E-state index contributed by atoms with van der Waals surface area (Å²) in [5.41, 5.74) is 9.72. The lowest BCUT2D eigenvalue weighted by Crippen LogP contribution is -2.25. The van der Waals surface area contributed by atoms with Crippen LogP contribution in [0.15, 0.2) is 140 Å². The molecule has 9 rings (SSSR count). The highest BCUT2D eigenvalue weighted by Crippen LogP contribution is 2.52. The Bertz CT molecular complexity index is 2090.